The fourth-order valence-corrected chi connectivity index (χ4v) is 3.85. The van der Waals surface area contributed by atoms with Gasteiger partial charge in [0.1, 0.15) is 5.82 Å². The molecule has 25 heavy (non-hydrogen) atoms. The third-order valence-corrected chi connectivity index (χ3v) is 5.34. The topological polar surface area (TPSA) is 97.9 Å². The molecule has 0 spiro atoms. The van der Waals surface area contributed by atoms with Crippen LogP contribution in [-0.2, 0) is 13.6 Å². The van der Waals surface area contributed by atoms with Gasteiger partial charge in [-0.05, 0) is 30.9 Å². The maximum Gasteiger partial charge on any atom is 0.254 e. The van der Waals surface area contributed by atoms with E-state index >= 15 is 0 Å². The monoisotopic (exact) mass is 340 g/mol. The number of nitrogens with one attached hydrogen (secondary N) is 2. The third-order valence-electron chi connectivity index (χ3n) is 5.34. The van der Waals surface area contributed by atoms with Crippen molar-refractivity contribution < 1.29 is 4.79 Å². The van der Waals surface area contributed by atoms with Crippen molar-refractivity contribution in [1.29, 1.82) is 0 Å². The minimum Gasteiger partial charge on any atom is -0.366 e. The number of pyridine rings is 1. The van der Waals surface area contributed by atoms with E-state index in [9.17, 15) is 4.79 Å². The van der Waals surface area contributed by atoms with Crippen molar-refractivity contribution in [3.05, 3.63) is 29.1 Å². The molecule has 1 saturated carbocycles. The first kappa shape index (κ1) is 16.1. The average molecular weight is 340 g/mol. The summed E-state index contributed by atoms with van der Waals surface area (Å²) in [6.45, 7) is 2.57. The lowest BCUT2D eigenvalue weighted by atomic mass is 9.90. The molecule has 0 saturated heterocycles. The first-order valence-corrected chi connectivity index (χ1v) is 8.87. The van der Waals surface area contributed by atoms with Crippen LogP contribution in [0.3, 0.4) is 0 Å². The number of nitrogens with two attached hydrogens (primary N) is 1. The van der Waals surface area contributed by atoms with Crippen LogP contribution >= 0.6 is 0 Å². The molecular formula is C18H24N6O. The number of fused-ring (bicyclic) bond motifs is 1. The third kappa shape index (κ3) is 2.78. The Morgan fingerprint density at radius 1 is 1.36 bits per heavy atom. The Labute approximate surface area is 147 Å². The van der Waals surface area contributed by atoms with E-state index in [1.54, 1.807) is 10.9 Å². The van der Waals surface area contributed by atoms with Gasteiger partial charge in [-0.3, -0.25) is 9.48 Å². The number of hydrogen-bond donors (Lipinski definition) is 3. The van der Waals surface area contributed by atoms with Crippen LogP contribution < -0.4 is 16.4 Å². The summed E-state index contributed by atoms with van der Waals surface area (Å²) in [6, 6.07) is 0.370. The van der Waals surface area contributed by atoms with Crippen molar-refractivity contribution in [2.45, 2.75) is 51.2 Å². The molecule has 7 nitrogen and oxygen atoms in total. The lowest BCUT2D eigenvalue weighted by molar-refractivity contribution is 0.0966. The van der Waals surface area contributed by atoms with E-state index in [0.29, 0.717) is 17.8 Å². The van der Waals surface area contributed by atoms with Gasteiger partial charge in [0.05, 0.1) is 17.5 Å². The van der Waals surface area contributed by atoms with Gasteiger partial charge in [-0.15, -0.1) is 0 Å². The van der Waals surface area contributed by atoms with Gasteiger partial charge in [0.15, 0.2) is 0 Å². The molecule has 7 heteroatoms. The number of amides is 1. The van der Waals surface area contributed by atoms with Crippen LogP contribution in [0.25, 0.3) is 11.3 Å². The molecule has 0 radical (unpaired) electrons. The summed E-state index contributed by atoms with van der Waals surface area (Å²) in [5.41, 5.74) is 10.6. The van der Waals surface area contributed by atoms with Gasteiger partial charge in [-0.1, -0.05) is 12.8 Å². The van der Waals surface area contributed by atoms with E-state index in [1.165, 1.54) is 12.8 Å². The highest BCUT2D eigenvalue weighted by Crippen LogP contribution is 2.34. The molecule has 2 atom stereocenters. The minimum absolute atomic E-state index is 0.0645. The van der Waals surface area contributed by atoms with E-state index < -0.39 is 0 Å². The van der Waals surface area contributed by atoms with Crippen molar-refractivity contribution in [3.8, 4) is 11.3 Å². The number of hydrogen-bond acceptors (Lipinski definition) is 5. The molecule has 4 N–H and O–H groups in total. The fourth-order valence-electron chi connectivity index (χ4n) is 3.85. The number of aromatic nitrogens is 3. The zero-order valence-corrected chi connectivity index (χ0v) is 14.7. The Hall–Kier alpha value is -2.41. The molecule has 1 aliphatic carbocycles. The van der Waals surface area contributed by atoms with E-state index in [1.807, 2.05) is 20.2 Å². The summed E-state index contributed by atoms with van der Waals surface area (Å²) >= 11 is 0. The van der Waals surface area contributed by atoms with Gasteiger partial charge in [-0.25, -0.2) is 4.98 Å². The molecule has 0 unspecified atom stereocenters. The largest absolute Gasteiger partial charge is 0.366 e. The van der Waals surface area contributed by atoms with Crippen LogP contribution in [0.15, 0.2) is 12.4 Å². The zero-order valence-electron chi connectivity index (χ0n) is 14.7. The Kier molecular flexibility index (Phi) is 3.95. The van der Waals surface area contributed by atoms with Crippen molar-refractivity contribution in [2.75, 3.05) is 5.32 Å². The normalized spacial score (nSPS) is 22.6. The van der Waals surface area contributed by atoms with Crippen molar-refractivity contribution in [3.63, 3.8) is 0 Å². The van der Waals surface area contributed by atoms with E-state index in [4.69, 9.17) is 10.7 Å². The van der Waals surface area contributed by atoms with Gasteiger partial charge in [0, 0.05) is 37.4 Å². The molecule has 2 aromatic heterocycles. The van der Waals surface area contributed by atoms with E-state index in [-0.39, 0.29) is 18.0 Å². The maximum atomic E-state index is 12.4. The number of carbonyl (C=O) groups is 1. The standard InChI is InChI=1S/C18H24N6O/c1-10-12-8-20-18(25)15(12)16(11-7-21-24(2)9-11)23-17(10)22-14-6-4-3-5-13(14)19/h7,9,13-14H,3-6,8,19H2,1-2H3,(H,20,25)(H,22,23)/t13-,14+/m0/s1. The summed E-state index contributed by atoms with van der Waals surface area (Å²) in [4.78, 5) is 17.2. The molecule has 4 rings (SSSR count). The Morgan fingerprint density at radius 3 is 2.88 bits per heavy atom. The van der Waals surface area contributed by atoms with E-state index in [0.717, 1.165) is 35.3 Å². The Morgan fingerprint density at radius 2 is 2.16 bits per heavy atom. The van der Waals surface area contributed by atoms with Crippen LogP contribution in [0.2, 0.25) is 0 Å². The first-order valence-electron chi connectivity index (χ1n) is 8.87. The number of anilines is 1. The highest BCUT2D eigenvalue weighted by atomic mass is 16.1. The molecule has 1 aliphatic heterocycles. The number of nitrogens with zero attached hydrogens (tertiary/aromatic N) is 3. The molecule has 1 fully saturated rings. The maximum absolute atomic E-state index is 12.4. The number of rotatable bonds is 3. The summed E-state index contributed by atoms with van der Waals surface area (Å²) in [5, 5.41) is 10.7. The SMILES string of the molecule is Cc1c(N[C@@H]2CCCC[C@@H]2N)nc(-c2cnn(C)c2)c2c1CNC2=O. The summed E-state index contributed by atoms with van der Waals surface area (Å²) in [7, 11) is 1.86. The lowest BCUT2D eigenvalue weighted by Gasteiger charge is -2.30. The quantitative estimate of drug-likeness (QED) is 0.790. The van der Waals surface area contributed by atoms with Gasteiger partial charge >= 0.3 is 0 Å². The summed E-state index contributed by atoms with van der Waals surface area (Å²) in [6.07, 6.45) is 8.11. The zero-order chi connectivity index (χ0) is 17.6. The van der Waals surface area contributed by atoms with Crippen LogP contribution in [0.5, 0.6) is 0 Å². The van der Waals surface area contributed by atoms with Crippen molar-refractivity contribution >= 4 is 11.7 Å². The Bertz CT molecular complexity index is 827. The second-order valence-corrected chi connectivity index (χ2v) is 7.07. The molecule has 0 aromatic carbocycles. The van der Waals surface area contributed by atoms with Gasteiger partial charge in [-0.2, -0.15) is 5.10 Å². The molecule has 132 valence electrons. The molecule has 2 aromatic rings. The van der Waals surface area contributed by atoms with Gasteiger partial charge in [0.2, 0.25) is 0 Å². The molecule has 2 aliphatic rings. The van der Waals surface area contributed by atoms with Crippen LogP contribution in [0, 0.1) is 6.92 Å². The second-order valence-electron chi connectivity index (χ2n) is 7.07. The van der Waals surface area contributed by atoms with Crippen molar-refractivity contribution in [1.82, 2.24) is 20.1 Å². The van der Waals surface area contributed by atoms with Crippen LogP contribution in [0.4, 0.5) is 5.82 Å². The number of aryl methyl sites for hydroxylation is 1. The molecule has 1 amide bonds. The van der Waals surface area contributed by atoms with Crippen LogP contribution in [-0.4, -0.2) is 32.8 Å². The Balaban J connectivity index is 1.79. The first-order chi connectivity index (χ1) is 12.0. The average Bonchev–Trinajstić information content (AvgIpc) is 3.19. The van der Waals surface area contributed by atoms with Crippen LogP contribution in [0.1, 0.15) is 47.2 Å². The minimum atomic E-state index is -0.0645. The molecule has 3 heterocycles. The summed E-state index contributed by atoms with van der Waals surface area (Å²) < 4.78 is 1.72. The highest BCUT2D eigenvalue weighted by Gasteiger charge is 2.30. The fraction of sp³-hybridized carbons (Fsp3) is 0.500. The highest BCUT2D eigenvalue weighted by molar-refractivity contribution is 6.04. The molecule has 0 bridgehead atoms. The van der Waals surface area contributed by atoms with E-state index in [2.05, 4.69) is 15.7 Å². The summed E-state index contributed by atoms with van der Waals surface area (Å²) in [5.74, 6) is 0.766. The second kappa shape index (κ2) is 6.15. The predicted molar refractivity (Wildman–Crippen MR) is 96.2 cm³/mol. The van der Waals surface area contributed by atoms with Crippen molar-refractivity contribution in [2.24, 2.45) is 12.8 Å². The van der Waals surface area contributed by atoms with Gasteiger partial charge < -0.3 is 16.4 Å². The lowest BCUT2D eigenvalue weighted by Crippen LogP contribution is -2.43. The number of carbonyl (C=O) groups excluding carboxylic acids is 1. The molecular weight excluding hydrogens is 316 g/mol. The predicted octanol–water partition coefficient (Wildman–Crippen LogP) is 1.72. The van der Waals surface area contributed by atoms with Gasteiger partial charge in [0.25, 0.3) is 5.91 Å². The smallest absolute Gasteiger partial charge is 0.254 e.